The first kappa shape index (κ1) is 16.1. The van der Waals surface area contributed by atoms with Gasteiger partial charge in [-0.3, -0.25) is 4.79 Å². The van der Waals surface area contributed by atoms with E-state index in [0.717, 1.165) is 0 Å². The highest BCUT2D eigenvalue weighted by Crippen LogP contribution is 2.32. The molecule has 9 heteroatoms. The van der Waals surface area contributed by atoms with Crippen LogP contribution in [-0.4, -0.2) is 10.9 Å². The molecule has 1 aromatic carbocycles. The maximum absolute atomic E-state index is 12.2. The van der Waals surface area contributed by atoms with E-state index in [1.54, 1.807) is 0 Å². The quantitative estimate of drug-likeness (QED) is 0.432. The van der Waals surface area contributed by atoms with Crippen molar-refractivity contribution in [2.24, 2.45) is 5.84 Å². The van der Waals surface area contributed by atoms with E-state index in [9.17, 15) is 4.79 Å². The summed E-state index contributed by atoms with van der Waals surface area (Å²) in [4.78, 5) is 16.2. The van der Waals surface area contributed by atoms with Crippen LogP contribution in [0, 0.1) is 0 Å². The molecule has 0 spiro atoms. The maximum Gasteiger partial charge on any atom is 0.275 e. The van der Waals surface area contributed by atoms with Gasteiger partial charge in [0, 0.05) is 0 Å². The lowest BCUT2D eigenvalue weighted by Crippen LogP contribution is -2.17. The second-order valence-corrected chi connectivity index (χ2v) is 5.50. The van der Waals surface area contributed by atoms with Crippen LogP contribution < -0.4 is 16.6 Å². The Hall–Kier alpha value is -1.24. The highest BCUT2D eigenvalue weighted by molar-refractivity contribution is 6.44. The van der Waals surface area contributed by atoms with E-state index in [0.29, 0.717) is 11.5 Å². The van der Waals surface area contributed by atoms with Gasteiger partial charge in [0.1, 0.15) is 11.5 Å². The molecule has 2 aromatic rings. The summed E-state index contributed by atoms with van der Waals surface area (Å²) in [6.07, 6.45) is 0. The molecule has 1 aromatic heterocycles. The molecule has 0 aliphatic rings. The van der Waals surface area contributed by atoms with E-state index in [-0.39, 0.29) is 25.8 Å². The SMILES string of the molecule is NNc1ccc(Cl)c(C(=O)Nc2cc(Cl)c(Cl)cc2Cl)n1. The van der Waals surface area contributed by atoms with Crippen LogP contribution in [0.4, 0.5) is 11.5 Å². The predicted molar refractivity (Wildman–Crippen MR) is 86.5 cm³/mol. The molecule has 5 nitrogen and oxygen atoms in total. The van der Waals surface area contributed by atoms with Gasteiger partial charge in [-0.1, -0.05) is 46.4 Å². The van der Waals surface area contributed by atoms with Crippen molar-refractivity contribution in [2.75, 3.05) is 10.7 Å². The van der Waals surface area contributed by atoms with E-state index in [1.165, 1.54) is 24.3 Å². The Labute approximate surface area is 140 Å². The molecule has 2 rings (SSSR count). The van der Waals surface area contributed by atoms with Crippen molar-refractivity contribution in [1.82, 2.24) is 4.98 Å². The van der Waals surface area contributed by atoms with Gasteiger partial charge >= 0.3 is 0 Å². The maximum atomic E-state index is 12.2. The molecule has 0 aliphatic heterocycles. The average Bonchev–Trinajstić information content (AvgIpc) is 2.45. The van der Waals surface area contributed by atoms with Crippen molar-refractivity contribution in [3.8, 4) is 0 Å². The van der Waals surface area contributed by atoms with Gasteiger partial charge in [0.05, 0.1) is 25.8 Å². The first-order chi connectivity index (χ1) is 9.92. The van der Waals surface area contributed by atoms with E-state index in [2.05, 4.69) is 15.7 Å². The zero-order valence-electron chi connectivity index (χ0n) is 10.3. The summed E-state index contributed by atoms with van der Waals surface area (Å²) in [7, 11) is 0. The number of nitrogens with one attached hydrogen (secondary N) is 2. The number of nitrogens with two attached hydrogens (primary N) is 1. The number of halogens is 4. The molecule has 0 atom stereocenters. The number of amides is 1. The molecule has 4 N–H and O–H groups in total. The molecular weight excluding hydrogens is 358 g/mol. The van der Waals surface area contributed by atoms with Crippen LogP contribution in [0.3, 0.4) is 0 Å². The second kappa shape index (κ2) is 6.68. The molecule has 21 heavy (non-hydrogen) atoms. The fraction of sp³-hybridized carbons (Fsp3) is 0. The summed E-state index contributed by atoms with van der Waals surface area (Å²) >= 11 is 23.6. The van der Waals surface area contributed by atoms with Gasteiger partial charge in [0.2, 0.25) is 0 Å². The highest BCUT2D eigenvalue weighted by atomic mass is 35.5. The number of pyridine rings is 1. The number of nitrogens with zero attached hydrogens (tertiary/aromatic N) is 1. The zero-order valence-corrected chi connectivity index (χ0v) is 13.3. The smallest absolute Gasteiger partial charge is 0.275 e. The molecule has 0 saturated carbocycles. The first-order valence-corrected chi connectivity index (χ1v) is 7.02. The normalized spacial score (nSPS) is 10.3. The van der Waals surface area contributed by atoms with Crippen LogP contribution in [0.1, 0.15) is 10.5 Å². The fourth-order valence-corrected chi connectivity index (χ4v) is 2.27. The van der Waals surface area contributed by atoms with Gasteiger partial charge in [-0.2, -0.15) is 0 Å². The third-order valence-corrected chi connectivity index (χ3v) is 3.81. The van der Waals surface area contributed by atoms with Gasteiger partial charge in [0.15, 0.2) is 0 Å². The number of carbonyl (C=O) groups excluding carboxylic acids is 1. The summed E-state index contributed by atoms with van der Waals surface area (Å²) in [5.74, 6) is 4.98. The Bertz CT molecular complexity index is 708. The minimum Gasteiger partial charge on any atom is -0.319 e. The monoisotopic (exact) mass is 364 g/mol. The van der Waals surface area contributed by atoms with E-state index >= 15 is 0 Å². The number of benzene rings is 1. The number of anilines is 2. The number of hydrogen-bond acceptors (Lipinski definition) is 4. The molecule has 0 saturated heterocycles. The molecule has 0 bridgehead atoms. The van der Waals surface area contributed by atoms with Gasteiger partial charge in [-0.15, -0.1) is 0 Å². The molecule has 1 heterocycles. The lowest BCUT2D eigenvalue weighted by atomic mass is 10.3. The summed E-state index contributed by atoms with van der Waals surface area (Å²) in [6, 6.07) is 5.89. The minimum atomic E-state index is -0.558. The number of aromatic nitrogens is 1. The largest absolute Gasteiger partial charge is 0.319 e. The first-order valence-electron chi connectivity index (χ1n) is 5.51. The predicted octanol–water partition coefficient (Wildman–Crippen LogP) is 4.23. The van der Waals surface area contributed by atoms with Crippen molar-refractivity contribution in [3.63, 3.8) is 0 Å². The van der Waals surface area contributed by atoms with Crippen LogP contribution in [0.2, 0.25) is 20.1 Å². The number of hydrogen-bond donors (Lipinski definition) is 3. The van der Waals surface area contributed by atoms with Crippen molar-refractivity contribution in [3.05, 3.63) is 50.0 Å². The Morgan fingerprint density at radius 2 is 1.67 bits per heavy atom. The molecule has 0 radical (unpaired) electrons. The topological polar surface area (TPSA) is 80.0 Å². The van der Waals surface area contributed by atoms with E-state index < -0.39 is 5.91 Å². The lowest BCUT2D eigenvalue weighted by molar-refractivity contribution is 0.102. The van der Waals surface area contributed by atoms with Crippen LogP contribution in [-0.2, 0) is 0 Å². The van der Waals surface area contributed by atoms with Crippen molar-refractivity contribution >= 4 is 63.8 Å². The number of rotatable bonds is 3. The Morgan fingerprint density at radius 3 is 2.33 bits per heavy atom. The third-order valence-electron chi connectivity index (χ3n) is 2.47. The summed E-state index contributed by atoms with van der Waals surface area (Å²) < 4.78 is 0. The Kier molecular flexibility index (Phi) is 5.13. The Morgan fingerprint density at radius 1 is 1.00 bits per heavy atom. The molecule has 0 unspecified atom stereocenters. The molecule has 110 valence electrons. The second-order valence-electron chi connectivity index (χ2n) is 3.87. The van der Waals surface area contributed by atoms with Gasteiger partial charge in [0.25, 0.3) is 5.91 Å². The Balaban J connectivity index is 2.32. The summed E-state index contributed by atoms with van der Waals surface area (Å²) in [5, 5.41) is 3.50. The lowest BCUT2D eigenvalue weighted by Gasteiger charge is -2.10. The number of nitrogen functional groups attached to an aromatic ring is 1. The van der Waals surface area contributed by atoms with Crippen molar-refractivity contribution in [1.29, 1.82) is 0 Å². The fourth-order valence-electron chi connectivity index (χ4n) is 1.48. The molecular formula is C12H8Cl4N4O. The van der Waals surface area contributed by atoms with Crippen LogP contribution in [0.25, 0.3) is 0 Å². The van der Waals surface area contributed by atoms with Crippen molar-refractivity contribution in [2.45, 2.75) is 0 Å². The number of carbonyl (C=O) groups is 1. The molecule has 0 aliphatic carbocycles. The van der Waals surface area contributed by atoms with Gasteiger partial charge in [-0.05, 0) is 24.3 Å². The average molecular weight is 366 g/mol. The summed E-state index contributed by atoms with van der Waals surface area (Å²) in [5.41, 5.74) is 2.61. The molecule has 1 amide bonds. The van der Waals surface area contributed by atoms with Crippen molar-refractivity contribution < 1.29 is 4.79 Å². The summed E-state index contributed by atoms with van der Waals surface area (Å²) in [6.45, 7) is 0. The minimum absolute atomic E-state index is 0.00532. The highest BCUT2D eigenvalue weighted by Gasteiger charge is 2.16. The van der Waals surface area contributed by atoms with Crippen LogP contribution in [0.15, 0.2) is 24.3 Å². The third kappa shape index (κ3) is 3.70. The number of hydrazine groups is 1. The zero-order chi connectivity index (χ0) is 15.6. The van der Waals surface area contributed by atoms with Gasteiger partial charge < -0.3 is 10.7 Å². The molecule has 0 fully saturated rings. The van der Waals surface area contributed by atoms with Crippen LogP contribution in [0.5, 0.6) is 0 Å². The van der Waals surface area contributed by atoms with E-state index in [4.69, 9.17) is 52.2 Å². The van der Waals surface area contributed by atoms with Gasteiger partial charge in [-0.25, -0.2) is 10.8 Å². The van der Waals surface area contributed by atoms with Crippen LogP contribution >= 0.6 is 46.4 Å². The van der Waals surface area contributed by atoms with E-state index in [1.807, 2.05) is 0 Å². The standard InChI is InChI=1S/C12H8Cl4N4O/c13-5-1-2-10(20-17)19-11(5)12(21)18-9-4-7(15)6(14)3-8(9)16/h1-4H,17H2,(H,18,21)(H,19,20).